The number of likely N-dealkylation sites (tertiary alicyclic amines) is 1. The van der Waals surface area contributed by atoms with Crippen molar-refractivity contribution in [1.82, 2.24) is 9.47 Å². The van der Waals surface area contributed by atoms with E-state index in [1.165, 1.54) is 11.3 Å². The minimum atomic E-state index is -0.442. The summed E-state index contributed by atoms with van der Waals surface area (Å²) in [7, 11) is 0. The lowest BCUT2D eigenvalue weighted by molar-refractivity contribution is 0.207. The monoisotopic (exact) mass is 440 g/mol. The van der Waals surface area contributed by atoms with Crippen LogP contribution in [0.2, 0.25) is 5.02 Å². The van der Waals surface area contributed by atoms with Crippen LogP contribution in [0.15, 0.2) is 51.2 Å². The van der Waals surface area contributed by atoms with Gasteiger partial charge in [-0.1, -0.05) is 35.1 Å². The second-order valence-corrected chi connectivity index (χ2v) is 9.19. The third-order valence-electron chi connectivity index (χ3n) is 5.99. The third-order valence-corrected chi connectivity index (χ3v) is 7.28. The zero-order valence-electron chi connectivity index (χ0n) is 16.4. The van der Waals surface area contributed by atoms with Crippen LogP contribution in [-0.2, 0) is 6.54 Å². The van der Waals surface area contributed by atoms with Gasteiger partial charge in [0.2, 0.25) is 0 Å². The molecule has 1 saturated heterocycles. The van der Waals surface area contributed by atoms with Gasteiger partial charge in [0.1, 0.15) is 0 Å². The first-order chi connectivity index (χ1) is 14.6. The maximum absolute atomic E-state index is 12.3. The summed E-state index contributed by atoms with van der Waals surface area (Å²) in [6.45, 7) is 3.63. The van der Waals surface area contributed by atoms with Crippen molar-refractivity contribution in [2.45, 2.75) is 31.7 Å². The summed E-state index contributed by atoms with van der Waals surface area (Å²) in [6, 6.07) is 11.1. The van der Waals surface area contributed by atoms with E-state index in [2.05, 4.69) is 14.9 Å². The number of aryl methyl sites for hydroxylation is 1. The number of urea groups is 1. The molecule has 8 heteroatoms. The van der Waals surface area contributed by atoms with E-state index in [0.29, 0.717) is 15.7 Å². The smallest absolute Gasteiger partial charge is 0.303 e. The first-order valence-electron chi connectivity index (χ1n) is 10.2. The number of para-hydroxylation sites is 1. The molecular formula is C22H21ClN4O2S. The lowest BCUT2D eigenvalue weighted by Crippen LogP contribution is -2.37. The summed E-state index contributed by atoms with van der Waals surface area (Å²) >= 11 is 7.79. The fourth-order valence-electron chi connectivity index (χ4n) is 4.52. The van der Waals surface area contributed by atoms with Gasteiger partial charge in [-0.3, -0.25) is 9.36 Å². The highest BCUT2D eigenvalue weighted by atomic mass is 35.5. The number of amides is 2. The normalized spacial score (nSPS) is 17.2. The molecule has 2 aliphatic heterocycles. The number of piperidine rings is 1. The van der Waals surface area contributed by atoms with Crippen molar-refractivity contribution < 1.29 is 4.79 Å². The Hall–Kier alpha value is -2.35. The van der Waals surface area contributed by atoms with Crippen LogP contribution in [0.25, 0.3) is 10.2 Å². The molecule has 154 valence electrons. The average Bonchev–Trinajstić information content (AvgIpc) is 3.27. The number of nitrogens with zero attached hydrogens (tertiary/aromatic N) is 4. The fourth-order valence-corrected chi connectivity index (χ4v) is 5.74. The largest absolute Gasteiger partial charge is 0.368 e. The molecular weight excluding hydrogens is 420 g/mol. The molecule has 2 aliphatic rings. The molecule has 1 aromatic heterocycles. The van der Waals surface area contributed by atoms with Crippen LogP contribution in [0.5, 0.6) is 0 Å². The Morgan fingerprint density at radius 1 is 1.03 bits per heavy atom. The molecule has 0 atom stereocenters. The Bertz CT molecular complexity index is 1300. The third kappa shape index (κ3) is 3.62. The number of thiazole rings is 1. The minimum absolute atomic E-state index is 0.117. The Morgan fingerprint density at radius 3 is 2.67 bits per heavy atom. The summed E-state index contributed by atoms with van der Waals surface area (Å²) in [5.74, 6) is 0.289. The van der Waals surface area contributed by atoms with E-state index >= 15 is 0 Å². The standard InChI is InChI=1S/C22H21ClN4O2S/c23-15-6-7-16-20(25-21(28)24-16)19(15)14-8-12-26(13-9-14)10-3-11-27-17-4-1-2-5-18(17)30-22(27)29/h1-2,4-7,14H,3,8-13H2. The summed E-state index contributed by atoms with van der Waals surface area (Å²) in [4.78, 5) is 34.5. The SMILES string of the molecule is O=C1N=c2ccc(Cl)c(C3CCN(CCCn4c(=O)sc5ccccc54)CC3)c2=N1. The van der Waals surface area contributed by atoms with Crippen LogP contribution in [-0.4, -0.2) is 35.1 Å². The summed E-state index contributed by atoms with van der Waals surface area (Å²) in [5.41, 5.74) is 2.00. The molecule has 3 heterocycles. The predicted molar refractivity (Wildman–Crippen MR) is 118 cm³/mol. The fraction of sp³-hybridized carbons (Fsp3) is 0.364. The highest BCUT2D eigenvalue weighted by Crippen LogP contribution is 2.30. The van der Waals surface area contributed by atoms with Gasteiger partial charge in [-0.2, -0.15) is 9.98 Å². The second-order valence-electron chi connectivity index (χ2n) is 7.79. The highest BCUT2D eigenvalue weighted by Gasteiger charge is 2.25. The van der Waals surface area contributed by atoms with Crippen molar-refractivity contribution in [2.24, 2.45) is 9.98 Å². The molecule has 2 amide bonds. The predicted octanol–water partition coefficient (Wildman–Crippen LogP) is 3.36. The Labute approximate surface area is 182 Å². The Kier molecular flexibility index (Phi) is 5.26. The van der Waals surface area contributed by atoms with E-state index in [1.807, 2.05) is 34.9 Å². The van der Waals surface area contributed by atoms with Crippen LogP contribution in [0.4, 0.5) is 4.79 Å². The topological polar surface area (TPSA) is 67.0 Å². The molecule has 0 spiro atoms. The van der Waals surface area contributed by atoms with Gasteiger partial charge in [-0.25, -0.2) is 4.79 Å². The van der Waals surface area contributed by atoms with Gasteiger partial charge in [0.15, 0.2) is 0 Å². The minimum Gasteiger partial charge on any atom is -0.303 e. The molecule has 0 radical (unpaired) electrons. The number of aromatic nitrogens is 1. The van der Waals surface area contributed by atoms with Gasteiger partial charge in [-0.05, 0) is 69.1 Å². The number of carbonyl (C=O) groups is 1. The lowest BCUT2D eigenvalue weighted by atomic mass is 9.88. The number of hydrogen-bond acceptors (Lipinski definition) is 4. The van der Waals surface area contributed by atoms with Crippen molar-refractivity contribution >= 4 is 39.2 Å². The molecule has 6 nitrogen and oxygen atoms in total. The molecule has 1 fully saturated rings. The van der Waals surface area contributed by atoms with Crippen molar-refractivity contribution in [3.63, 3.8) is 0 Å². The van der Waals surface area contributed by atoms with Gasteiger partial charge in [0, 0.05) is 17.1 Å². The van der Waals surface area contributed by atoms with Gasteiger partial charge in [0.25, 0.3) is 0 Å². The van der Waals surface area contributed by atoms with Gasteiger partial charge >= 0.3 is 10.9 Å². The van der Waals surface area contributed by atoms with Crippen molar-refractivity contribution in [2.75, 3.05) is 19.6 Å². The summed E-state index contributed by atoms with van der Waals surface area (Å²) in [6.07, 6.45) is 2.89. The van der Waals surface area contributed by atoms with Gasteiger partial charge < -0.3 is 4.90 Å². The van der Waals surface area contributed by atoms with Crippen molar-refractivity contribution in [3.05, 3.63) is 67.4 Å². The van der Waals surface area contributed by atoms with Crippen molar-refractivity contribution in [1.29, 1.82) is 0 Å². The maximum Gasteiger partial charge on any atom is 0.368 e. The average molecular weight is 441 g/mol. The second kappa shape index (κ2) is 8.06. The first-order valence-corrected chi connectivity index (χ1v) is 11.4. The van der Waals surface area contributed by atoms with E-state index in [0.717, 1.165) is 61.2 Å². The van der Waals surface area contributed by atoms with Crippen LogP contribution >= 0.6 is 22.9 Å². The first kappa shape index (κ1) is 19.6. The molecule has 2 aromatic carbocycles. The molecule has 0 aliphatic carbocycles. The number of carbonyl (C=O) groups excluding carboxylic acids is 1. The van der Waals surface area contributed by atoms with E-state index in [9.17, 15) is 9.59 Å². The van der Waals surface area contributed by atoms with Crippen LogP contribution in [0.3, 0.4) is 0 Å². The lowest BCUT2D eigenvalue weighted by Gasteiger charge is -2.32. The van der Waals surface area contributed by atoms with E-state index in [-0.39, 0.29) is 10.8 Å². The maximum atomic E-state index is 12.3. The molecule has 0 N–H and O–H groups in total. The van der Waals surface area contributed by atoms with E-state index in [1.54, 1.807) is 6.07 Å². The molecule has 0 saturated carbocycles. The van der Waals surface area contributed by atoms with Crippen LogP contribution in [0.1, 0.15) is 30.7 Å². The van der Waals surface area contributed by atoms with Crippen LogP contribution in [0, 0.1) is 0 Å². The molecule has 30 heavy (non-hydrogen) atoms. The summed E-state index contributed by atoms with van der Waals surface area (Å²) < 4.78 is 2.94. The molecule has 3 aromatic rings. The van der Waals surface area contributed by atoms with Crippen LogP contribution < -0.4 is 15.6 Å². The highest BCUT2D eigenvalue weighted by molar-refractivity contribution is 7.16. The quantitative estimate of drug-likeness (QED) is 0.611. The number of hydrogen-bond donors (Lipinski definition) is 0. The number of halogens is 1. The number of rotatable bonds is 5. The number of fused-ring (bicyclic) bond motifs is 2. The van der Waals surface area contributed by atoms with E-state index < -0.39 is 6.03 Å². The zero-order valence-corrected chi connectivity index (χ0v) is 18.0. The van der Waals surface area contributed by atoms with Gasteiger partial charge in [0.05, 0.1) is 20.9 Å². The van der Waals surface area contributed by atoms with E-state index in [4.69, 9.17) is 11.6 Å². The zero-order chi connectivity index (χ0) is 20.7. The molecule has 0 unspecified atom stereocenters. The molecule has 0 bridgehead atoms. The Balaban J connectivity index is 1.22. The van der Waals surface area contributed by atoms with Crippen molar-refractivity contribution in [3.8, 4) is 0 Å². The Morgan fingerprint density at radius 2 is 1.83 bits per heavy atom. The molecule has 5 rings (SSSR count). The van der Waals surface area contributed by atoms with Gasteiger partial charge in [-0.15, -0.1) is 0 Å². The summed E-state index contributed by atoms with van der Waals surface area (Å²) in [5, 5.41) is 1.97. The number of benzene rings is 2.